The van der Waals surface area contributed by atoms with Crippen LogP contribution in [0.15, 0.2) is 10.6 Å². The normalized spacial score (nSPS) is 25.3. The molecule has 2 heterocycles. The molecule has 1 aromatic rings. The van der Waals surface area contributed by atoms with Gasteiger partial charge in [0.15, 0.2) is 5.82 Å². The SMILES string of the molecule is Cc1cc(NC(=O)C(=O)N2CCO[C@@H]3CCCC[C@H]32)no1. The maximum Gasteiger partial charge on any atom is 0.315 e. The second-order valence-electron chi connectivity index (χ2n) is 5.54. The van der Waals surface area contributed by atoms with Crippen molar-refractivity contribution in [2.75, 3.05) is 18.5 Å². The Morgan fingerprint density at radius 1 is 1.38 bits per heavy atom. The summed E-state index contributed by atoms with van der Waals surface area (Å²) in [6.07, 6.45) is 4.11. The zero-order chi connectivity index (χ0) is 14.8. The van der Waals surface area contributed by atoms with Crippen molar-refractivity contribution in [2.45, 2.75) is 44.8 Å². The van der Waals surface area contributed by atoms with E-state index < -0.39 is 11.8 Å². The molecule has 7 nitrogen and oxygen atoms in total. The van der Waals surface area contributed by atoms with Crippen LogP contribution < -0.4 is 5.32 Å². The monoisotopic (exact) mass is 293 g/mol. The number of morpholine rings is 1. The van der Waals surface area contributed by atoms with Gasteiger partial charge < -0.3 is 14.2 Å². The lowest BCUT2D eigenvalue weighted by molar-refractivity contribution is -0.156. The van der Waals surface area contributed by atoms with Crippen LogP contribution in [0.4, 0.5) is 5.82 Å². The molecule has 2 fully saturated rings. The predicted molar refractivity (Wildman–Crippen MR) is 73.6 cm³/mol. The van der Waals surface area contributed by atoms with Crippen LogP contribution >= 0.6 is 0 Å². The molecule has 3 rings (SSSR count). The van der Waals surface area contributed by atoms with Crippen LogP contribution in [-0.4, -0.2) is 47.2 Å². The number of rotatable bonds is 1. The third-order valence-corrected chi connectivity index (χ3v) is 4.06. The quantitative estimate of drug-likeness (QED) is 0.784. The van der Waals surface area contributed by atoms with Crippen LogP contribution in [0.2, 0.25) is 0 Å². The number of nitrogens with one attached hydrogen (secondary N) is 1. The van der Waals surface area contributed by atoms with E-state index in [1.54, 1.807) is 17.9 Å². The lowest BCUT2D eigenvalue weighted by Gasteiger charge is -2.43. The van der Waals surface area contributed by atoms with E-state index in [4.69, 9.17) is 9.26 Å². The molecule has 21 heavy (non-hydrogen) atoms. The average Bonchev–Trinajstić information content (AvgIpc) is 2.91. The van der Waals surface area contributed by atoms with Crippen molar-refractivity contribution in [3.63, 3.8) is 0 Å². The zero-order valence-electron chi connectivity index (χ0n) is 12.0. The van der Waals surface area contributed by atoms with Crippen LogP contribution in [0.1, 0.15) is 31.4 Å². The second-order valence-corrected chi connectivity index (χ2v) is 5.54. The van der Waals surface area contributed by atoms with Gasteiger partial charge in [0.1, 0.15) is 5.76 Å². The van der Waals surface area contributed by atoms with Gasteiger partial charge in [0.05, 0.1) is 18.8 Å². The maximum atomic E-state index is 12.4. The summed E-state index contributed by atoms with van der Waals surface area (Å²) < 4.78 is 10.6. The molecule has 1 saturated carbocycles. The fourth-order valence-corrected chi connectivity index (χ4v) is 3.07. The first-order chi connectivity index (χ1) is 10.1. The van der Waals surface area contributed by atoms with Crippen molar-refractivity contribution < 1.29 is 18.8 Å². The minimum atomic E-state index is -0.672. The van der Waals surface area contributed by atoms with E-state index in [2.05, 4.69) is 10.5 Å². The molecule has 114 valence electrons. The van der Waals surface area contributed by atoms with Gasteiger partial charge in [-0.05, 0) is 19.8 Å². The molecule has 1 aliphatic carbocycles. The number of aromatic nitrogens is 1. The molecule has 0 aromatic carbocycles. The van der Waals surface area contributed by atoms with Gasteiger partial charge >= 0.3 is 11.8 Å². The predicted octanol–water partition coefficient (Wildman–Crippen LogP) is 1.09. The number of aryl methyl sites for hydroxylation is 1. The average molecular weight is 293 g/mol. The van der Waals surface area contributed by atoms with Gasteiger partial charge in [0.2, 0.25) is 0 Å². The maximum absolute atomic E-state index is 12.4. The minimum absolute atomic E-state index is 0.0183. The molecule has 1 saturated heterocycles. The Labute approximate surface area is 122 Å². The Morgan fingerprint density at radius 2 is 2.19 bits per heavy atom. The molecule has 0 unspecified atom stereocenters. The molecule has 1 N–H and O–H groups in total. The number of carbonyl (C=O) groups is 2. The van der Waals surface area contributed by atoms with Gasteiger partial charge in [-0.1, -0.05) is 18.0 Å². The number of carbonyl (C=O) groups excluding carboxylic acids is 2. The van der Waals surface area contributed by atoms with Gasteiger partial charge in [0.25, 0.3) is 0 Å². The number of hydrogen-bond donors (Lipinski definition) is 1. The highest BCUT2D eigenvalue weighted by molar-refractivity contribution is 6.39. The molecule has 0 radical (unpaired) electrons. The summed E-state index contributed by atoms with van der Waals surface area (Å²) in [5.74, 6) is -0.346. The van der Waals surface area contributed by atoms with Crippen molar-refractivity contribution in [1.29, 1.82) is 0 Å². The number of ether oxygens (including phenoxy) is 1. The van der Waals surface area contributed by atoms with Crippen LogP contribution in [0, 0.1) is 6.92 Å². The highest BCUT2D eigenvalue weighted by Crippen LogP contribution is 2.28. The van der Waals surface area contributed by atoms with Gasteiger partial charge in [0, 0.05) is 12.6 Å². The van der Waals surface area contributed by atoms with Crippen LogP contribution in [0.5, 0.6) is 0 Å². The Bertz CT molecular complexity index is 540. The summed E-state index contributed by atoms with van der Waals surface area (Å²) in [5.41, 5.74) is 0. The molecular weight excluding hydrogens is 274 g/mol. The molecule has 7 heteroatoms. The number of nitrogens with zero attached hydrogens (tertiary/aromatic N) is 2. The van der Waals surface area contributed by atoms with Crippen molar-refractivity contribution in [3.05, 3.63) is 11.8 Å². The van der Waals surface area contributed by atoms with Crippen molar-refractivity contribution in [2.24, 2.45) is 0 Å². The van der Waals surface area contributed by atoms with Crippen LogP contribution in [-0.2, 0) is 14.3 Å². The summed E-state index contributed by atoms with van der Waals surface area (Å²) >= 11 is 0. The Kier molecular flexibility index (Phi) is 3.92. The topological polar surface area (TPSA) is 84.7 Å². The molecular formula is C14H19N3O4. The van der Waals surface area contributed by atoms with Crippen molar-refractivity contribution >= 4 is 17.6 Å². The first-order valence-corrected chi connectivity index (χ1v) is 7.32. The summed E-state index contributed by atoms with van der Waals surface area (Å²) in [5, 5.41) is 6.14. The van der Waals surface area contributed by atoms with Crippen molar-refractivity contribution in [3.8, 4) is 0 Å². The molecule has 2 atom stereocenters. The van der Waals surface area contributed by atoms with E-state index in [0.717, 1.165) is 25.7 Å². The molecule has 0 bridgehead atoms. The summed E-state index contributed by atoms with van der Waals surface area (Å²) in [7, 11) is 0. The van der Waals surface area contributed by atoms with E-state index in [-0.39, 0.29) is 18.0 Å². The van der Waals surface area contributed by atoms with E-state index in [9.17, 15) is 9.59 Å². The first kappa shape index (κ1) is 14.1. The zero-order valence-corrected chi connectivity index (χ0v) is 12.0. The van der Waals surface area contributed by atoms with E-state index in [1.165, 1.54) is 0 Å². The van der Waals surface area contributed by atoms with E-state index in [1.807, 2.05) is 0 Å². The number of anilines is 1. The summed E-state index contributed by atoms with van der Waals surface area (Å²) in [6.45, 7) is 2.67. The Balaban J connectivity index is 1.67. The summed E-state index contributed by atoms with van der Waals surface area (Å²) in [4.78, 5) is 26.1. The minimum Gasteiger partial charge on any atom is -0.374 e. The first-order valence-electron chi connectivity index (χ1n) is 7.32. The molecule has 2 amide bonds. The smallest absolute Gasteiger partial charge is 0.315 e. The number of fused-ring (bicyclic) bond motifs is 1. The van der Waals surface area contributed by atoms with E-state index in [0.29, 0.717) is 18.9 Å². The highest BCUT2D eigenvalue weighted by atomic mass is 16.5. The molecule has 1 aromatic heterocycles. The van der Waals surface area contributed by atoms with Crippen molar-refractivity contribution in [1.82, 2.24) is 10.1 Å². The van der Waals surface area contributed by atoms with E-state index >= 15 is 0 Å². The molecule has 0 spiro atoms. The Morgan fingerprint density at radius 3 is 2.95 bits per heavy atom. The van der Waals surface area contributed by atoms with Gasteiger partial charge in [-0.15, -0.1) is 0 Å². The number of hydrogen-bond acceptors (Lipinski definition) is 5. The van der Waals surface area contributed by atoms with Crippen LogP contribution in [0.3, 0.4) is 0 Å². The van der Waals surface area contributed by atoms with Gasteiger partial charge in [-0.25, -0.2) is 0 Å². The lowest BCUT2D eigenvalue weighted by atomic mass is 9.90. The van der Waals surface area contributed by atoms with Crippen LogP contribution in [0.25, 0.3) is 0 Å². The highest BCUT2D eigenvalue weighted by Gasteiger charge is 2.38. The Hall–Kier alpha value is -1.89. The largest absolute Gasteiger partial charge is 0.374 e. The van der Waals surface area contributed by atoms with Gasteiger partial charge in [-0.2, -0.15) is 0 Å². The lowest BCUT2D eigenvalue weighted by Crippen LogP contribution is -2.57. The summed E-state index contributed by atoms with van der Waals surface area (Å²) in [6, 6.07) is 1.60. The molecule has 2 aliphatic rings. The molecule has 1 aliphatic heterocycles. The third kappa shape index (κ3) is 2.92. The second kappa shape index (κ2) is 5.85. The van der Waals surface area contributed by atoms with Gasteiger partial charge in [-0.3, -0.25) is 14.9 Å². The fraction of sp³-hybridized carbons (Fsp3) is 0.643. The third-order valence-electron chi connectivity index (χ3n) is 4.06. The fourth-order valence-electron chi connectivity index (χ4n) is 3.07. The standard InChI is InChI=1S/C14H19N3O4/c1-9-8-12(16-21-9)15-13(18)14(19)17-6-7-20-11-5-3-2-4-10(11)17/h8,10-11H,2-7H2,1H3,(H,15,16,18)/t10-,11-/m1/s1. The number of amides is 2.